The summed E-state index contributed by atoms with van der Waals surface area (Å²) in [5, 5.41) is 1.04. The lowest BCUT2D eigenvalue weighted by molar-refractivity contribution is 0.0699. The van der Waals surface area contributed by atoms with E-state index in [9.17, 15) is 4.79 Å². The first-order chi connectivity index (χ1) is 9.49. The minimum atomic E-state index is 0.119. The molecule has 1 aromatic heterocycles. The second kappa shape index (κ2) is 5.03. The van der Waals surface area contributed by atoms with E-state index in [1.807, 2.05) is 24.4 Å². The van der Waals surface area contributed by atoms with Gasteiger partial charge in [-0.25, -0.2) is 0 Å². The maximum absolute atomic E-state index is 12.9. The number of aromatic amines is 1. The van der Waals surface area contributed by atoms with Gasteiger partial charge in [0.2, 0.25) is 0 Å². The second-order valence-corrected chi connectivity index (χ2v) is 7.46. The molecule has 0 amide bonds. The lowest BCUT2D eigenvalue weighted by atomic mass is 9.66. The maximum Gasteiger partial charge on any atom is 0.168 e. The zero-order chi connectivity index (χ0) is 14.3. The van der Waals surface area contributed by atoms with E-state index in [0.717, 1.165) is 33.8 Å². The van der Waals surface area contributed by atoms with Crippen molar-refractivity contribution < 1.29 is 4.79 Å². The Labute approximate surface area is 128 Å². The number of ketones is 1. The molecule has 1 N–H and O–H groups in total. The Morgan fingerprint density at radius 2 is 2.15 bits per heavy atom. The molecular formula is C17H20BrNO. The summed E-state index contributed by atoms with van der Waals surface area (Å²) in [6.45, 7) is 4.47. The summed E-state index contributed by atoms with van der Waals surface area (Å²) in [4.78, 5) is 16.2. The third-order valence-corrected chi connectivity index (χ3v) is 5.23. The first-order valence-electron chi connectivity index (χ1n) is 7.30. The average molecular weight is 334 g/mol. The first kappa shape index (κ1) is 13.9. The van der Waals surface area contributed by atoms with Crippen LogP contribution in [0.3, 0.4) is 0 Å². The van der Waals surface area contributed by atoms with Gasteiger partial charge >= 0.3 is 0 Å². The molecule has 0 aliphatic heterocycles. The Morgan fingerprint density at radius 1 is 1.35 bits per heavy atom. The van der Waals surface area contributed by atoms with E-state index in [1.165, 1.54) is 12.8 Å². The summed E-state index contributed by atoms with van der Waals surface area (Å²) in [5.74, 6) is 0.460. The number of rotatable bonds is 2. The molecule has 3 heteroatoms. The number of hydrogen-bond donors (Lipinski definition) is 1. The molecule has 1 atom stereocenters. The van der Waals surface area contributed by atoms with E-state index < -0.39 is 0 Å². The predicted octanol–water partition coefficient (Wildman–Crippen LogP) is 5.33. The molecule has 1 heterocycles. The molecule has 20 heavy (non-hydrogen) atoms. The number of carbonyl (C=O) groups is 1. The van der Waals surface area contributed by atoms with E-state index in [2.05, 4.69) is 34.8 Å². The fourth-order valence-corrected chi connectivity index (χ4v) is 3.83. The highest BCUT2D eigenvalue weighted by Crippen LogP contribution is 2.42. The number of nitrogens with one attached hydrogen (secondary N) is 1. The summed E-state index contributed by atoms with van der Waals surface area (Å²) >= 11 is 3.47. The monoisotopic (exact) mass is 333 g/mol. The smallest absolute Gasteiger partial charge is 0.168 e. The number of fused-ring (bicyclic) bond motifs is 1. The molecule has 0 radical (unpaired) electrons. The fourth-order valence-electron chi connectivity index (χ4n) is 3.47. The quantitative estimate of drug-likeness (QED) is 0.740. The molecule has 106 valence electrons. The van der Waals surface area contributed by atoms with Crippen LogP contribution >= 0.6 is 15.9 Å². The van der Waals surface area contributed by atoms with E-state index in [0.29, 0.717) is 5.78 Å². The lowest BCUT2D eigenvalue weighted by Gasteiger charge is -2.37. The second-order valence-electron chi connectivity index (χ2n) is 6.54. The van der Waals surface area contributed by atoms with Gasteiger partial charge in [0.25, 0.3) is 0 Å². The molecule has 3 rings (SSSR count). The molecule has 1 aliphatic rings. The molecule has 1 saturated carbocycles. The van der Waals surface area contributed by atoms with Gasteiger partial charge in [0.1, 0.15) is 0 Å². The normalized spacial score (nSPS) is 22.1. The van der Waals surface area contributed by atoms with Crippen molar-refractivity contribution in [2.45, 2.75) is 39.5 Å². The molecule has 0 saturated heterocycles. The van der Waals surface area contributed by atoms with Crippen molar-refractivity contribution in [1.29, 1.82) is 0 Å². The molecule has 1 unspecified atom stereocenters. The molecular weight excluding hydrogens is 314 g/mol. The number of benzene rings is 1. The van der Waals surface area contributed by atoms with Gasteiger partial charge in [-0.3, -0.25) is 4.79 Å². The van der Waals surface area contributed by atoms with Gasteiger partial charge in [0, 0.05) is 33.1 Å². The van der Waals surface area contributed by atoms with Gasteiger partial charge in [-0.2, -0.15) is 0 Å². The van der Waals surface area contributed by atoms with Crippen molar-refractivity contribution in [2.24, 2.45) is 11.3 Å². The third kappa shape index (κ3) is 2.32. The molecule has 1 fully saturated rings. The van der Waals surface area contributed by atoms with Gasteiger partial charge in [-0.1, -0.05) is 48.7 Å². The van der Waals surface area contributed by atoms with Crippen LogP contribution in [0.15, 0.2) is 28.9 Å². The molecule has 2 aromatic rings. The van der Waals surface area contributed by atoms with Crippen molar-refractivity contribution in [1.82, 2.24) is 4.98 Å². The zero-order valence-electron chi connectivity index (χ0n) is 12.0. The highest BCUT2D eigenvalue weighted by atomic mass is 79.9. The molecule has 1 aromatic carbocycles. The van der Waals surface area contributed by atoms with Crippen LogP contribution in [0.2, 0.25) is 0 Å². The van der Waals surface area contributed by atoms with Crippen LogP contribution in [0, 0.1) is 11.3 Å². The standard InChI is InChI=1S/C17H20BrNO/c1-17(2)8-4-3-5-14(17)16(20)13-10-19-15-9-11(18)6-7-12(13)15/h6-7,9-10,14,19H,3-5,8H2,1-2H3. The van der Waals surface area contributed by atoms with Crippen molar-refractivity contribution in [3.8, 4) is 0 Å². The first-order valence-corrected chi connectivity index (χ1v) is 8.09. The van der Waals surface area contributed by atoms with E-state index in [1.54, 1.807) is 0 Å². The molecule has 1 aliphatic carbocycles. The summed E-state index contributed by atoms with van der Waals surface area (Å²) in [7, 11) is 0. The van der Waals surface area contributed by atoms with Crippen LogP contribution in [0.5, 0.6) is 0 Å². The number of hydrogen-bond acceptors (Lipinski definition) is 1. The van der Waals surface area contributed by atoms with Gasteiger partial charge in [-0.15, -0.1) is 0 Å². The van der Waals surface area contributed by atoms with Gasteiger partial charge in [-0.05, 0) is 30.4 Å². The number of H-pyrrole nitrogens is 1. The zero-order valence-corrected chi connectivity index (χ0v) is 13.6. The fraction of sp³-hybridized carbons (Fsp3) is 0.471. The van der Waals surface area contributed by atoms with Crippen LogP contribution in [0.4, 0.5) is 0 Å². The minimum Gasteiger partial charge on any atom is -0.360 e. The van der Waals surface area contributed by atoms with Crippen LogP contribution in [-0.2, 0) is 0 Å². The number of carbonyl (C=O) groups excluding carboxylic acids is 1. The van der Waals surface area contributed by atoms with Gasteiger partial charge in [0.05, 0.1) is 0 Å². The van der Waals surface area contributed by atoms with E-state index >= 15 is 0 Å². The van der Waals surface area contributed by atoms with Crippen LogP contribution in [0.1, 0.15) is 49.9 Å². The highest BCUT2D eigenvalue weighted by molar-refractivity contribution is 9.10. The lowest BCUT2D eigenvalue weighted by Crippen LogP contribution is -2.34. The Balaban J connectivity index is 2.00. The molecule has 0 bridgehead atoms. The highest BCUT2D eigenvalue weighted by Gasteiger charge is 2.38. The molecule has 0 spiro atoms. The number of halogens is 1. The van der Waals surface area contributed by atoms with E-state index in [-0.39, 0.29) is 11.3 Å². The topological polar surface area (TPSA) is 32.9 Å². The SMILES string of the molecule is CC1(C)CCCCC1C(=O)c1c[nH]c2cc(Br)ccc12. The predicted molar refractivity (Wildman–Crippen MR) is 86.1 cm³/mol. The summed E-state index contributed by atoms with van der Waals surface area (Å²) in [5.41, 5.74) is 2.00. The summed E-state index contributed by atoms with van der Waals surface area (Å²) in [6, 6.07) is 6.05. The molecule has 2 nitrogen and oxygen atoms in total. The van der Waals surface area contributed by atoms with Crippen LogP contribution in [-0.4, -0.2) is 10.8 Å². The Morgan fingerprint density at radius 3 is 2.90 bits per heavy atom. The van der Waals surface area contributed by atoms with Crippen molar-refractivity contribution in [2.75, 3.05) is 0 Å². The summed E-state index contributed by atoms with van der Waals surface area (Å²) < 4.78 is 1.03. The number of Topliss-reactive ketones (excluding diaryl/α,β-unsaturated/α-hetero) is 1. The third-order valence-electron chi connectivity index (χ3n) is 4.73. The van der Waals surface area contributed by atoms with Gasteiger partial charge in [0.15, 0.2) is 5.78 Å². The Kier molecular flexibility index (Phi) is 3.49. The van der Waals surface area contributed by atoms with Crippen molar-refractivity contribution >= 4 is 32.6 Å². The van der Waals surface area contributed by atoms with Crippen LogP contribution < -0.4 is 0 Å². The van der Waals surface area contributed by atoms with E-state index in [4.69, 9.17) is 0 Å². The largest absolute Gasteiger partial charge is 0.360 e. The maximum atomic E-state index is 12.9. The Hall–Kier alpha value is -1.09. The Bertz CT molecular complexity index is 656. The van der Waals surface area contributed by atoms with Crippen molar-refractivity contribution in [3.05, 3.63) is 34.4 Å². The van der Waals surface area contributed by atoms with Gasteiger partial charge < -0.3 is 4.98 Å². The van der Waals surface area contributed by atoms with Crippen molar-refractivity contribution in [3.63, 3.8) is 0 Å². The number of aromatic nitrogens is 1. The average Bonchev–Trinajstić information content (AvgIpc) is 2.80. The minimum absolute atomic E-state index is 0.119. The summed E-state index contributed by atoms with van der Waals surface area (Å²) in [6.07, 6.45) is 6.47. The van der Waals surface area contributed by atoms with Crippen LogP contribution in [0.25, 0.3) is 10.9 Å².